The Morgan fingerprint density at radius 3 is 2.63 bits per heavy atom. The zero-order valence-electron chi connectivity index (χ0n) is 13.1. The van der Waals surface area contributed by atoms with E-state index in [9.17, 15) is 0 Å². The highest BCUT2D eigenvalue weighted by molar-refractivity contribution is 5.21. The third-order valence-electron chi connectivity index (χ3n) is 3.39. The second kappa shape index (κ2) is 9.11. The van der Waals surface area contributed by atoms with E-state index in [0.29, 0.717) is 6.04 Å². The lowest BCUT2D eigenvalue weighted by Gasteiger charge is -2.25. The predicted octanol–water partition coefficient (Wildman–Crippen LogP) is 3.60. The molecule has 108 valence electrons. The van der Waals surface area contributed by atoms with E-state index < -0.39 is 0 Å². The van der Waals surface area contributed by atoms with E-state index >= 15 is 0 Å². The average molecular weight is 262 g/mol. The van der Waals surface area contributed by atoms with Gasteiger partial charge in [-0.2, -0.15) is 0 Å². The lowest BCUT2D eigenvalue weighted by atomic mass is 10.1. The highest BCUT2D eigenvalue weighted by atomic mass is 15.1. The fraction of sp³-hybridized carbons (Fsp3) is 0.647. The van der Waals surface area contributed by atoms with Gasteiger partial charge in [-0.3, -0.25) is 0 Å². The topological polar surface area (TPSA) is 15.3 Å². The summed E-state index contributed by atoms with van der Waals surface area (Å²) < 4.78 is 0. The standard InChI is InChI=1S/C17H30N2/c1-5-8-17(18-11-6-2)14-19(4)13-16-10-7-9-15(3)12-16/h7,9-10,12,17-18H,5-6,8,11,13-14H2,1-4H3. The van der Waals surface area contributed by atoms with Gasteiger partial charge in [-0.1, -0.05) is 50.1 Å². The number of hydrogen-bond acceptors (Lipinski definition) is 2. The van der Waals surface area contributed by atoms with E-state index in [1.54, 1.807) is 0 Å². The largest absolute Gasteiger partial charge is 0.313 e. The Bertz CT molecular complexity index is 349. The van der Waals surface area contributed by atoms with Crippen LogP contribution >= 0.6 is 0 Å². The molecule has 1 aromatic carbocycles. The summed E-state index contributed by atoms with van der Waals surface area (Å²) in [6, 6.07) is 9.44. The number of aryl methyl sites for hydroxylation is 1. The third kappa shape index (κ3) is 6.74. The molecule has 0 aliphatic rings. The molecule has 0 saturated carbocycles. The molecule has 0 radical (unpaired) electrons. The van der Waals surface area contributed by atoms with Crippen molar-refractivity contribution in [3.05, 3.63) is 35.4 Å². The van der Waals surface area contributed by atoms with Crippen LogP contribution in [0, 0.1) is 6.92 Å². The molecular formula is C17H30N2. The Morgan fingerprint density at radius 1 is 1.21 bits per heavy atom. The number of hydrogen-bond donors (Lipinski definition) is 1. The molecule has 0 spiro atoms. The van der Waals surface area contributed by atoms with E-state index in [0.717, 1.165) is 19.6 Å². The van der Waals surface area contributed by atoms with E-state index in [1.165, 1.54) is 30.4 Å². The summed E-state index contributed by atoms with van der Waals surface area (Å²) in [6.07, 6.45) is 3.72. The lowest BCUT2D eigenvalue weighted by molar-refractivity contribution is 0.273. The fourth-order valence-electron chi connectivity index (χ4n) is 2.52. The molecule has 0 aromatic heterocycles. The first-order chi connectivity index (χ1) is 9.15. The van der Waals surface area contributed by atoms with E-state index in [1.807, 2.05) is 0 Å². The zero-order valence-corrected chi connectivity index (χ0v) is 13.1. The second-order valence-electron chi connectivity index (χ2n) is 5.63. The Morgan fingerprint density at radius 2 is 2.00 bits per heavy atom. The summed E-state index contributed by atoms with van der Waals surface area (Å²) in [5.74, 6) is 0. The van der Waals surface area contributed by atoms with Gasteiger partial charge in [0.15, 0.2) is 0 Å². The third-order valence-corrected chi connectivity index (χ3v) is 3.39. The maximum Gasteiger partial charge on any atom is 0.0231 e. The monoisotopic (exact) mass is 262 g/mol. The van der Waals surface area contributed by atoms with Crippen LogP contribution in [0.3, 0.4) is 0 Å². The van der Waals surface area contributed by atoms with Crippen LogP contribution < -0.4 is 5.32 Å². The van der Waals surface area contributed by atoms with E-state index in [2.05, 4.69) is 62.3 Å². The lowest BCUT2D eigenvalue weighted by Crippen LogP contribution is -2.39. The summed E-state index contributed by atoms with van der Waals surface area (Å²) >= 11 is 0. The molecule has 2 nitrogen and oxygen atoms in total. The molecule has 1 N–H and O–H groups in total. The van der Waals surface area contributed by atoms with E-state index in [4.69, 9.17) is 0 Å². The minimum absolute atomic E-state index is 0.625. The molecule has 0 aliphatic heterocycles. The summed E-state index contributed by atoms with van der Waals surface area (Å²) in [6.45, 7) is 9.94. The van der Waals surface area contributed by atoms with Crippen molar-refractivity contribution in [2.45, 2.75) is 52.6 Å². The second-order valence-corrected chi connectivity index (χ2v) is 5.63. The smallest absolute Gasteiger partial charge is 0.0231 e. The maximum atomic E-state index is 3.66. The van der Waals surface area contributed by atoms with Crippen molar-refractivity contribution < 1.29 is 0 Å². The molecule has 0 bridgehead atoms. The Hall–Kier alpha value is -0.860. The molecule has 0 fully saturated rings. The first-order valence-corrected chi connectivity index (χ1v) is 7.63. The number of likely N-dealkylation sites (N-methyl/N-ethyl adjacent to an activating group) is 1. The van der Waals surface area contributed by atoms with Crippen LogP contribution in [0.25, 0.3) is 0 Å². The predicted molar refractivity (Wildman–Crippen MR) is 84.5 cm³/mol. The van der Waals surface area contributed by atoms with Crippen molar-refractivity contribution in [1.82, 2.24) is 10.2 Å². The van der Waals surface area contributed by atoms with Crippen molar-refractivity contribution in [3.63, 3.8) is 0 Å². The van der Waals surface area contributed by atoms with Crippen LogP contribution in [0.15, 0.2) is 24.3 Å². The SMILES string of the molecule is CCCNC(CCC)CN(C)Cc1cccc(C)c1. The Balaban J connectivity index is 2.44. The van der Waals surface area contributed by atoms with Gasteiger partial charge in [-0.15, -0.1) is 0 Å². The van der Waals surface area contributed by atoms with Crippen molar-refractivity contribution in [2.24, 2.45) is 0 Å². The molecule has 0 saturated heterocycles. The Labute approximate surface area is 119 Å². The minimum Gasteiger partial charge on any atom is -0.313 e. The van der Waals surface area contributed by atoms with Gasteiger partial charge in [0, 0.05) is 19.1 Å². The van der Waals surface area contributed by atoms with Crippen LogP contribution in [0.5, 0.6) is 0 Å². The van der Waals surface area contributed by atoms with Gasteiger partial charge in [0.05, 0.1) is 0 Å². The molecule has 1 unspecified atom stereocenters. The van der Waals surface area contributed by atoms with Gasteiger partial charge >= 0.3 is 0 Å². The first-order valence-electron chi connectivity index (χ1n) is 7.63. The summed E-state index contributed by atoms with van der Waals surface area (Å²) in [5.41, 5.74) is 2.76. The molecular weight excluding hydrogens is 232 g/mol. The number of rotatable bonds is 9. The van der Waals surface area contributed by atoms with Crippen molar-refractivity contribution in [3.8, 4) is 0 Å². The van der Waals surface area contributed by atoms with Crippen LogP contribution in [0.4, 0.5) is 0 Å². The molecule has 0 aliphatic carbocycles. The maximum absolute atomic E-state index is 3.66. The minimum atomic E-state index is 0.625. The van der Waals surface area contributed by atoms with Gasteiger partial charge in [-0.25, -0.2) is 0 Å². The zero-order chi connectivity index (χ0) is 14.1. The van der Waals surface area contributed by atoms with Crippen LogP contribution in [-0.4, -0.2) is 31.1 Å². The van der Waals surface area contributed by atoms with Crippen molar-refractivity contribution in [2.75, 3.05) is 20.1 Å². The van der Waals surface area contributed by atoms with Gasteiger partial charge in [0.1, 0.15) is 0 Å². The Kier molecular flexibility index (Phi) is 7.76. The van der Waals surface area contributed by atoms with Crippen molar-refractivity contribution in [1.29, 1.82) is 0 Å². The summed E-state index contributed by atoms with van der Waals surface area (Å²) in [7, 11) is 2.22. The first kappa shape index (κ1) is 16.2. The fourth-order valence-corrected chi connectivity index (χ4v) is 2.52. The van der Waals surface area contributed by atoms with Gasteiger partial charge in [0.2, 0.25) is 0 Å². The van der Waals surface area contributed by atoms with Crippen LogP contribution in [0.2, 0.25) is 0 Å². The highest BCUT2D eigenvalue weighted by Crippen LogP contribution is 2.08. The van der Waals surface area contributed by atoms with Gasteiger partial charge < -0.3 is 10.2 Å². The molecule has 0 heterocycles. The number of nitrogens with zero attached hydrogens (tertiary/aromatic N) is 1. The molecule has 1 rings (SSSR count). The quantitative estimate of drug-likeness (QED) is 0.731. The van der Waals surface area contributed by atoms with Crippen molar-refractivity contribution >= 4 is 0 Å². The number of nitrogens with one attached hydrogen (secondary N) is 1. The van der Waals surface area contributed by atoms with Gasteiger partial charge in [0.25, 0.3) is 0 Å². The molecule has 1 atom stereocenters. The molecule has 1 aromatic rings. The summed E-state index contributed by atoms with van der Waals surface area (Å²) in [4.78, 5) is 2.43. The molecule has 2 heteroatoms. The normalized spacial score (nSPS) is 12.9. The summed E-state index contributed by atoms with van der Waals surface area (Å²) in [5, 5.41) is 3.66. The van der Waals surface area contributed by atoms with Gasteiger partial charge in [-0.05, 0) is 38.9 Å². The van der Waals surface area contributed by atoms with Crippen LogP contribution in [0.1, 0.15) is 44.2 Å². The molecule has 0 amide bonds. The molecule has 19 heavy (non-hydrogen) atoms. The van der Waals surface area contributed by atoms with Crippen LogP contribution in [-0.2, 0) is 6.54 Å². The highest BCUT2D eigenvalue weighted by Gasteiger charge is 2.10. The van der Waals surface area contributed by atoms with E-state index in [-0.39, 0.29) is 0 Å². The average Bonchev–Trinajstić information content (AvgIpc) is 2.36. The number of benzene rings is 1.